The summed E-state index contributed by atoms with van der Waals surface area (Å²) in [5.41, 5.74) is 2.68. The molecule has 0 saturated heterocycles. The second-order valence-corrected chi connectivity index (χ2v) is 10.9. The van der Waals surface area contributed by atoms with Crippen molar-refractivity contribution in [2.75, 3.05) is 6.61 Å². The first-order valence-electron chi connectivity index (χ1n) is 14.3. The lowest BCUT2D eigenvalue weighted by molar-refractivity contribution is 0.236. The number of hydrogen-bond acceptors (Lipinski definition) is 1. The van der Waals surface area contributed by atoms with E-state index in [0.29, 0.717) is 12.4 Å². The van der Waals surface area contributed by atoms with Crippen molar-refractivity contribution >= 4 is 0 Å². The number of aryl methyl sites for hydroxylation is 1. The maximum Gasteiger partial charge on any atom is 0.165 e. The van der Waals surface area contributed by atoms with Crippen LogP contribution in [0.3, 0.4) is 0 Å². The average Bonchev–Trinajstić information content (AvgIpc) is 2.84. The Morgan fingerprint density at radius 1 is 0.818 bits per heavy atom. The van der Waals surface area contributed by atoms with Gasteiger partial charge in [-0.1, -0.05) is 95.8 Å². The van der Waals surface area contributed by atoms with E-state index in [-0.39, 0.29) is 5.82 Å². The maximum atomic E-state index is 14.4. The van der Waals surface area contributed by atoms with Crippen LogP contribution in [-0.2, 0) is 6.42 Å². The molecule has 0 radical (unpaired) electrons. The summed E-state index contributed by atoms with van der Waals surface area (Å²) >= 11 is 0. The molecule has 0 aromatic heterocycles. The van der Waals surface area contributed by atoms with Crippen LogP contribution in [0.1, 0.15) is 122 Å². The van der Waals surface area contributed by atoms with E-state index in [1.54, 1.807) is 11.6 Å². The zero-order chi connectivity index (χ0) is 23.3. The smallest absolute Gasteiger partial charge is 0.165 e. The predicted octanol–water partition coefficient (Wildman–Crippen LogP) is 9.83. The van der Waals surface area contributed by atoms with E-state index in [4.69, 9.17) is 4.74 Å². The van der Waals surface area contributed by atoms with Gasteiger partial charge in [-0.3, -0.25) is 0 Å². The number of ether oxygens (including phenoxy) is 1. The van der Waals surface area contributed by atoms with E-state index in [9.17, 15) is 4.39 Å². The van der Waals surface area contributed by atoms with Gasteiger partial charge in [-0.15, -0.1) is 0 Å². The molecule has 0 heterocycles. The van der Waals surface area contributed by atoms with Crippen LogP contribution in [0, 0.1) is 23.6 Å². The van der Waals surface area contributed by atoms with Crippen molar-refractivity contribution in [1.82, 2.24) is 0 Å². The van der Waals surface area contributed by atoms with Crippen molar-refractivity contribution in [3.8, 4) is 5.75 Å². The number of benzene rings is 1. The first-order chi connectivity index (χ1) is 16.2. The molecule has 1 aromatic rings. The van der Waals surface area contributed by atoms with Crippen molar-refractivity contribution < 1.29 is 9.13 Å². The van der Waals surface area contributed by atoms with Gasteiger partial charge >= 0.3 is 0 Å². The normalized spacial score (nSPS) is 23.4. The van der Waals surface area contributed by atoms with E-state index in [0.717, 1.165) is 49.0 Å². The fourth-order valence-electron chi connectivity index (χ4n) is 5.95. The zero-order valence-electron chi connectivity index (χ0n) is 21.6. The van der Waals surface area contributed by atoms with Gasteiger partial charge in [0.05, 0.1) is 6.61 Å². The molecule has 186 valence electrons. The van der Waals surface area contributed by atoms with E-state index < -0.39 is 0 Å². The van der Waals surface area contributed by atoms with Crippen LogP contribution in [0.15, 0.2) is 29.8 Å². The molecular formula is C31H49FO. The fraction of sp³-hybridized carbons (Fsp3) is 0.742. The Morgan fingerprint density at radius 3 is 2.24 bits per heavy atom. The molecule has 3 rings (SSSR count). The summed E-state index contributed by atoms with van der Waals surface area (Å²) in [7, 11) is 0. The molecule has 1 unspecified atom stereocenters. The van der Waals surface area contributed by atoms with Crippen LogP contribution >= 0.6 is 0 Å². The number of unbranched alkanes of at least 4 members (excludes halogenated alkanes) is 3. The zero-order valence-corrected chi connectivity index (χ0v) is 21.6. The van der Waals surface area contributed by atoms with Crippen molar-refractivity contribution in [2.24, 2.45) is 17.8 Å². The Balaban J connectivity index is 1.32. The number of halogens is 1. The van der Waals surface area contributed by atoms with Crippen LogP contribution in [0.2, 0.25) is 0 Å². The highest BCUT2D eigenvalue weighted by atomic mass is 19.1. The van der Waals surface area contributed by atoms with Crippen LogP contribution in [0.4, 0.5) is 4.39 Å². The molecular weight excluding hydrogens is 407 g/mol. The quantitative estimate of drug-likeness (QED) is 0.200. The summed E-state index contributed by atoms with van der Waals surface area (Å²) in [4.78, 5) is 0. The minimum atomic E-state index is -0.204. The summed E-state index contributed by atoms with van der Waals surface area (Å²) < 4.78 is 20.0. The van der Waals surface area contributed by atoms with Crippen molar-refractivity contribution in [3.05, 3.63) is 41.2 Å². The Bertz CT molecular complexity index is 701. The third-order valence-corrected chi connectivity index (χ3v) is 8.25. The minimum absolute atomic E-state index is 0.204. The van der Waals surface area contributed by atoms with E-state index in [1.165, 1.54) is 83.5 Å². The Kier molecular flexibility index (Phi) is 11.8. The highest BCUT2D eigenvalue weighted by Gasteiger charge is 2.22. The second-order valence-electron chi connectivity index (χ2n) is 10.9. The van der Waals surface area contributed by atoms with Gasteiger partial charge in [0.2, 0.25) is 0 Å². The first-order valence-corrected chi connectivity index (χ1v) is 14.3. The largest absolute Gasteiger partial charge is 0.491 e. The molecule has 2 aliphatic carbocycles. The second kappa shape index (κ2) is 14.8. The van der Waals surface area contributed by atoms with E-state index in [1.807, 2.05) is 12.1 Å². The molecule has 0 amide bonds. The molecule has 0 spiro atoms. The molecule has 0 aliphatic heterocycles. The van der Waals surface area contributed by atoms with Crippen LogP contribution in [0.25, 0.3) is 0 Å². The minimum Gasteiger partial charge on any atom is -0.491 e. The van der Waals surface area contributed by atoms with Crippen molar-refractivity contribution in [2.45, 2.75) is 123 Å². The molecule has 1 saturated carbocycles. The third kappa shape index (κ3) is 9.45. The van der Waals surface area contributed by atoms with Crippen molar-refractivity contribution in [1.29, 1.82) is 0 Å². The van der Waals surface area contributed by atoms with Crippen LogP contribution < -0.4 is 4.74 Å². The molecule has 1 nitrogen and oxygen atoms in total. The van der Waals surface area contributed by atoms with Gasteiger partial charge in [-0.25, -0.2) is 4.39 Å². The molecule has 0 N–H and O–H groups in total. The highest BCUT2D eigenvalue weighted by Crippen LogP contribution is 2.36. The summed E-state index contributed by atoms with van der Waals surface area (Å²) in [6.07, 6.45) is 24.6. The number of allylic oxidation sites excluding steroid dienone is 2. The molecule has 0 bridgehead atoms. The lowest BCUT2D eigenvalue weighted by atomic mass is 9.76. The summed E-state index contributed by atoms with van der Waals surface area (Å²) in [6.45, 7) is 5.14. The molecule has 2 aliphatic rings. The highest BCUT2D eigenvalue weighted by molar-refractivity contribution is 5.30. The van der Waals surface area contributed by atoms with Crippen LogP contribution in [0.5, 0.6) is 5.75 Å². The van der Waals surface area contributed by atoms with E-state index in [2.05, 4.69) is 19.9 Å². The number of rotatable bonds is 14. The molecule has 1 aromatic carbocycles. The summed E-state index contributed by atoms with van der Waals surface area (Å²) in [5.74, 6) is 3.13. The van der Waals surface area contributed by atoms with Gasteiger partial charge in [0.25, 0.3) is 0 Å². The summed E-state index contributed by atoms with van der Waals surface area (Å²) in [5, 5.41) is 0. The molecule has 33 heavy (non-hydrogen) atoms. The Labute approximate surface area is 203 Å². The van der Waals surface area contributed by atoms with Gasteiger partial charge in [0, 0.05) is 0 Å². The fourth-order valence-corrected chi connectivity index (χ4v) is 5.95. The lowest BCUT2D eigenvalue weighted by Gasteiger charge is -2.30. The number of hydrogen-bond donors (Lipinski definition) is 0. The standard InChI is InChI=1S/C31H49FO/c1-3-5-6-7-23-33-31-22-21-29(24-30(31)32)20-19-28-17-15-27(16-18-28)14-13-26-11-9-25(8-4-2)10-12-26/h17,21-22,24-27H,3-16,18-20,23H2,1-2H3. The average molecular weight is 457 g/mol. The molecule has 1 atom stereocenters. The SMILES string of the molecule is CCCCCCOc1ccc(CCC2=CCC(CCC3CCC(CCC)CC3)CC2)cc1F. The monoisotopic (exact) mass is 456 g/mol. The summed E-state index contributed by atoms with van der Waals surface area (Å²) in [6, 6.07) is 5.56. The van der Waals surface area contributed by atoms with Gasteiger partial charge in [-0.2, -0.15) is 0 Å². The Morgan fingerprint density at radius 2 is 1.58 bits per heavy atom. The Hall–Kier alpha value is -1.31. The topological polar surface area (TPSA) is 9.23 Å². The third-order valence-electron chi connectivity index (χ3n) is 8.25. The molecule has 2 heteroatoms. The lowest BCUT2D eigenvalue weighted by Crippen LogP contribution is -2.16. The maximum absolute atomic E-state index is 14.4. The van der Waals surface area contributed by atoms with Gasteiger partial charge < -0.3 is 4.74 Å². The van der Waals surface area contributed by atoms with Gasteiger partial charge in [0.15, 0.2) is 11.6 Å². The van der Waals surface area contributed by atoms with Crippen molar-refractivity contribution in [3.63, 3.8) is 0 Å². The van der Waals surface area contributed by atoms with Gasteiger partial charge in [0.1, 0.15) is 0 Å². The van der Waals surface area contributed by atoms with Crippen LogP contribution in [-0.4, -0.2) is 6.61 Å². The molecule has 1 fully saturated rings. The predicted molar refractivity (Wildman–Crippen MR) is 139 cm³/mol. The van der Waals surface area contributed by atoms with E-state index >= 15 is 0 Å². The van der Waals surface area contributed by atoms with Gasteiger partial charge in [-0.05, 0) is 80.4 Å². The first kappa shape index (κ1) is 26.3.